The molecule has 0 aliphatic carbocycles. The molecule has 23 heteroatoms. The number of aliphatic carboxylic acids is 1. The van der Waals surface area contributed by atoms with Gasteiger partial charge in [0.1, 0.15) is 48.9 Å². The number of benzene rings is 1. The number of carbonyl (C=O) groups is 8. The summed E-state index contributed by atoms with van der Waals surface area (Å²) in [5.74, 6) is -8.05. The summed E-state index contributed by atoms with van der Waals surface area (Å²) in [4.78, 5) is 111. The first kappa shape index (κ1) is 55.2. The first-order valence-corrected chi connectivity index (χ1v) is 21.9. The van der Waals surface area contributed by atoms with Crippen LogP contribution in [0.2, 0.25) is 0 Å². The monoisotopic (exact) mass is 922 g/mol. The van der Waals surface area contributed by atoms with Crippen LogP contribution in [0.5, 0.6) is 0 Å². The van der Waals surface area contributed by atoms with E-state index in [1.165, 1.54) is 11.8 Å². The van der Waals surface area contributed by atoms with E-state index in [0.717, 1.165) is 0 Å². The fraction of sp³-hybridized carbons (Fsp3) is 0.643. The third kappa shape index (κ3) is 17.2. The molecule has 23 nitrogen and oxygen atoms in total. The average Bonchev–Trinajstić information content (AvgIpc) is 3.78. The fourth-order valence-corrected chi connectivity index (χ4v) is 7.00. The number of guanidine groups is 1. The number of aliphatic hydroxyl groups excluding tert-OH is 3. The Labute approximate surface area is 378 Å². The summed E-state index contributed by atoms with van der Waals surface area (Å²) in [6.45, 7) is 6.80. The minimum atomic E-state index is -1.70. The third-order valence-corrected chi connectivity index (χ3v) is 11.4. The van der Waals surface area contributed by atoms with Crippen molar-refractivity contribution in [2.24, 2.45) is 23.3 Å². The standard InChI is InChI=1S/C42H69N11O12/c1-6-22(3)31(38(61)51-32(41(64)65)23(4)7-2)50-36(59)29(21-55)49-39(62)33(24(5)56)52-37(60)30-16-12-18-53(30)40(63)28(19-25-13-9-8-10-14-25)48-35(58)27(15-11-17-46-42(44)45)47-34(57)26(43)20-54/h8-10,13-14,22-24,26-33,54-56H,6-7,11-12,15-21,43H2,1-5H3,(H,47,57)(H,48,58)(H,49,62)(H,50,59)(H,51,61)(H,52,60)(H,64,65)(H4,44,45,46)/p+2/t22-,23-,24+,26-,27-,28-,29-,30-,31-,32-,33-/m0/s1. The lowest BCUT2D eigenvalue weighted by Gasteiger charge is -2.31. The van der Waals surface area contributed by atoms with Crippen molar-refractivity contribution in [3.8, 4) is 0 Å². The van der Waals surface area contributed by atoms with Crippen LogP contribution in [0, 0.1) is 11.8 Å². The van der Waals surface area contributed by atoms with Gasteiger partial charge in [0.2, 0.25) is 35.4 Å². The molecule has 0 unspecified atom stereocenters. The zero-order valence-corrected chi connectivity index (χ0v) is 37.9. The van der Waals surface area contributed by atoms with Crippen molar-refractivity contribution in [3.63, 3.8) is 0 Å². The Bertz CT molecular complexity index is 1800. The van der Waals surface area contributed by atoms with E-state index in [1.807, 2.05) is 0 Å². The maximum atomic E-state index is 14.4. The van der Waals surface area contributed by atoms with E-state index in [4.69, 9.17) is 11.5 Å². The Balaban J connectivity index is 2.32. The SMILES string of the molecule is CC[C@H](C)[C@H](NC(=O)[C@@H](NC(=O)[C@H](CO)NC(=O)[C@@H](NC(=O)[C@@H]1CCCN1C(=O)[C@H](Cc1ccccc1)NC(=O)[C@H](CCC[NH+]=C(N)N)NC(=O)[C@@H]([NH3+])CO)[C@@H](C)O)[C@@H](C)CC)C(=O)O. The lowest BCUT2D eigenvalue weighted by molar-refractivity contribution is -0.459. The highest BCUT2D eigenvalue weighted by atomic mass is 16.4. The summed E-state index contributed by atoms with van der Waals surface area (Å²) < 4.78 is 0. The Hall–Kier alpha value is -5.91. The first-order chi connectivity index (χ1) is 30.7. The molecule has 1 heterocycles. The number of likely N-dealkylation sites (tertiary alicyclic amines) is 1. The van der Waals surface area contributed by atoms with Crippen LogP contribution < -0.4 is 54.1 Å². The molecule has 18 N–H and O–H groups in total. The molecule has 11 atom stereocenters. The Morgan fingerprint density at radius 2 is 1.31 bits per heavy atom. The normalized spacial score (nSPS) is 18.1. The molecular weight excluding hydrogens is 851 g/mol. The van der Waals surface area contributed by atoms with Gasteiger partial charge in [-0.15, -0.1) is 0 Å². The molecule has 1 aromatic carbocycles. The molecule has 7 amide bonds. The second kappa shape index (κ2) is 27.4. The minimum absolute atomic E-state index is 0.0212. The molecule has 1 aromatic rings. The van der Waals surface area contributed by atoms with Crippen LogP contribution in [0.3, 0.4) is 0 Å². The number of nitrogens with one attached hydrogen (secondary N) is 7. The van der Waals surface area contributed by atoms with Gasteiger partial charge in [-0.3, -0.25) is 50.0 Å². The van der Waals surface area contributed by atoms with Gasteiger partial charge in [-0.1, -0.05) is 70.9 Å². The highest BCUT2D eigenvalue weighted by Crippen LogP contribution is 2.21. The van der Waals surface area contributed by atoms with Gasteiger partial charge in [0.05, 0.1) is 19.3 Å². The van der Waals surface area contributed by atoms with Crippen LogP contribution in [0.1, 0.15) is 78.7 Å². The van der Waals surface area contributed by atoms with Crippen LogP contribution in [0.15, 0.2) is 30.3 Å². The fourth-order valence-electron chi connectivity index (χ4n) is 7.00. The second-order valence-corrected chi connectivity index (χ2v) is 16.5. The molecule has 364 valence electrons. The van der Waals surface area contributed by atoms with E-state index >= 15 is 0 Å². The number of aliphatic hydroxyl groups is 3. The lowest BCUT2D eigenvalue weighted by atomic mass is 9.95. The van der Waals surface area contributed by atoms with Crippen molar-refractivity contribution in [2.45, 2.75) is 134 Å². The van der Waals surface area contributed by atoms with E-state index in [0.29, 0.717) is 31.2 Å². The Morgan fingerprint density at radius 1 is 0.754 bits per heavy atom. The van der Waals surface area contributed by atoms with Gasteiger partial charge in [0, 0.05) is 13.0 Å². The number of nitrogens with two attached hydrogens (primary N) is 2. The predicted molar refractivity (Wildman–Crippen MR) is 234 cm³/mol. The number of hydrogen-bond donors (Lipinski definition) is 14. The van der Waals surface area contributed by atoms with Gasteiger partial charge in [-0.05, 0) is 50.0 Å². The molecule has 2 rings (SSSR count). The molecule has 0 radical (unpaired) electrons. The van der Waals surface area contributed by atoms with Crippen molar-refractivity contribution < 1.29 is 69.5 Å². The molecule has 0 bridgehead atoms. The van der Waals surface area contributed by atoms with E-state index in [-0.39, 0.29) is 38.3 Å². The summed E-state index contributed by atoms with van der Waals surface area (Å²) >= 11 is 0. The lowest BCUT2D eigenvalue weighted by Crippen LogP contribution is -2.78. The average molecular weight is 922 g/mol. The van der Waals surface area contributed by atoms with Crippen molar-refractivity contribution >= 4 is 53.3 Å². The van der Waals surface area contributed by atoms with E-state index in [9.17, 15) is 58.8 Å². The van der Waals surface area contributed by atoms with Crippen molar-refractivity contribution in [1.82, 2.24) is 36.8 Å². The highest BCUT2D eigenvalue weighted by molar-refractivity contribution is 5.98. The number of quaternary nitrogens is 1. The zero-order chi connectivity index (χ0) is 49.0. The zero-order valence-electron chi connectivity index (χ0n) is 37.9. The first-order valence-electron chi connectivity index (χ1n) is 21.9. The highest BCUT2D eigenvalue weighted by Gasteiger charge is 2.41. The van der Waals surface area contributed by atoms with E-state index in [1.54, 1.807) is 58.0 Å². The van der Waals surface area contributed by atoms with Gasteiger partial charge in [-0.2, -0.15) is 0 Å². The molecule has 65 heavy (non-hydrogen) atoms. The second-order valence-electron chi connectivity index (χ2n) is 16.5. The van der Waals surface area contributed by atoms with Gasteiger partial charge in [-0.25, -0.2) is 4.79 Å². The Kier molecular flexibility index (Phi) is 23.3. The number of hydrogen-bond acceptors (Lipinski definition) is 11. The van der Waals surface area contributed by atoms with Crippen molar-refractivity contribution in [1.29, 1.82) is 0 Å². The van der Waals surface area contributed by atoms with Crippen LogP contribution in [0.25, 0.3) is 0 Å². The van der Waals surface area contributed by atoms with Gasteiger partial charge in [0.25, 0.3) is 5.91 Å². The van der Waals surface area contributed by atoms with Crippen LogP contribution in [-0.4, -0.2) is 159 Å². The topological polar surface area (TPSA) is 387 Å². The van der Waals surface area contributed by atoms with Crippen LogP contribution >= 0.6 is 0 Å². The predicted octanol–water partition coefficient (Wildman–Crippen LogP) is -6.58. The van der Waals surface area contributed by atoms with Gasteiger partial charge in [0.15, 0.2) is 6.04 Å². The number of nitrogens with zero attached hydrogens (tertiary/aromatic N) is 1. The van der Waals surface area contributed by atoms with Gasteiger partial charge < -0.3 is 63.0 Å². The number of rotatable bonds is 27. The summed E-state index contributed by atoms with van der Waals surface area (Å²) in [7, 11) is 0. The summed E-state index contributed by atoms with van der Waals surface area (Å²) in [5, 5.41) is 55.0. The molecule has 0 aromatic heterocycles. The van der Waals surface area contributed by atoms with Crippen LogP contribution in [-0.2, 0) is 44.8 Å². The molecule has 1 fully saturated rings. The molecule has 0 spiro atoms. The maximum absolute atomic E-state index is 14.4. The molecular formula is C42H71N11O12+2. The van der Waals surface area contributed by atoms with Crippen molar-refractivity contribution in [2.75, 3.05) is 26.3 Å². The summed E-state index contributed by atoms with van der Waals surface area (Å²) in [6, 6.07) is -1.88. The molecule has 0 saturated carbocycles. The van der Waals surface area contributed by atoms with E-state index < -0.39 is 127 Å². The van der Waals surface area contributed by atoms with Crippen LogP contribution in [0.4, 0.5) is 0 Å². The number of carboxylic acids is 1. The molecule has 1 saturated heterocycles. The number of amides is 7. The molecule has 1 aliphatic rings. The largest absolute Gasteiger partial charge is 0.480 e. The third-order valence-electron chi connectivity index (χ3n) is 11.4. The van der Waals surface area contributed by atoms with Crippen molar-refractivity contribution in [3.05, 3.63) is 35.9 Å². The Morgan fingerprint density at radius 3 is 1.86 bits per heavy atom. The number of carbonyl (C=O) groups excluding carboxylic acids is 7. The summed E-state index contributed by atoms with van der Waals surface area (Å²) in [5.41, 5.74) is 15.2. The maximum Gasteiger partial charge on any atom is 0.338 e. The van der Waals surface area contributed by atoms with Gasteiger partial charge >= 0.3 is 11.9 Å². The quantitative estimate of drug-likeness (QED) is 0.0222. The minimum Gasteiger partial charge on any atom is -0.480 e. The van der Waals surface area contributed by atoms with E-state index in [2.05, 4.69) is 42.6 Å². The summed E-state index contributed by atoms with van der Waals surface area (Å²) in [6.07, 6.45) is 0.0984. The number of carboxylic acid groups (broad SMARTS) is 1. The molecule has 1 aliphatic heterocycles. The smallest absolute Gasteiger partial charge is 0.338 e.